The molecule has 11 heteroatoms. The molecule has 6 nitrogen and oxygen atoms in total. The van der Waals surface area contributed by atoms with Crippen molar-refractivity contribution in [2.75, 3.05) is 11.1 Å². The van der Waals surface area contributed by atoms with E-state index in [1.165, 1.54) is 11.3 Å². The zero-order valence-corrected chi connectivity index (χ0v) is 13.7. The van der Waals surface area contributed by atoms with Gasteiger partial charge in [0.2, 0.25) is 5.91 Å². The van der Waals surface area contributed by atoms with E-state index in [9.17, 15) is 28.1 Å². The van der Waals surface area contributed by atoms with Gasteiger partial charge in [-0.25, -0.2) is 4.98 Å². The van der Waals surface area contributed by atoms with E-state index in [0.717, 1.165) is 23.5 Å². The lowest BCUT2D eigenvalue weighted by Gasteiger charge is -2.09. The number of carbonyl (C=O) groups excluding carboxylic acids is 1. The Hall–Kier alpha value is -2.14. The molecule has 2 aromatic rings. The van der Waals surface area contributed by atoms with Crippen LogP contribution in [0.15, 0.2) is 27.9 Å². The molecule has 0 bridgehead atoms. The molecule has 0 aliphatic rings. The molecular formula is C13H10F3N3O3S2. The van der Waals surface area contributed by atoms with Crippen LogP contribution in [0.1, 0.15) is 11.3 Å². The molecule has 0 aliphatic heterocycles. The molecule has 1 aromatic carbocycles. The molecule has 1 aromatic heterocycles. The van der Waals surface area contributed by atoms with Crippen molar-refractivity contribution >= 4 is 40.4 Å². The molecule has 24 heavy (non-hydrogen) atoms. The number of aromatic nitrogens is 1. The molecule has 2 rings (SSSR count). The molecule has 0 fully saturated rings. The third kappa shape index (κ3) is 4.68. The number of nitro groups is 1. The summed E-state index contributed by atoms with van der Waals surface area (Å²) in [4.78, 5) is 26.0. The standard InChI is InChI=1S/C13H10F3N3O3S2/c1-7-5-23-12(17-7)24-6-11(20)18-9-3-2-8(13(14,15)16)4-10(9)19(21)22/h2-5H,6H2,1H3,(H,18,20). The number of nitro benzene ring substituents is 1. The number of amides is 1. The number of halogens is 3. The first kappa shape index (κ1) is 18.2. The number of nitrogens with one attached hydrogen (secondary N) is 1. The predicted molar refractivity (Wildman–Crippen MR) is 84.3 cm³/mol. The van der Waals surface area contributed by atoms with Crippen molar-refractivity contribution < 1.29 is 22.9 Å². The maximum Gasteiger partial charge on any atom is 0.416 e. The average molecular weight is 377 g/mol. The number of thioether (sulfide) groups is 1. The number of alkyl halides is 3. The summed E-state index contributed by atoms with van der Waals surface area (Å²) < 4.78 is 38.5. The fourth-order valence-corrected chi connectivity index (χ4v) is 3.33. The summed E-state index contributed by atoms with van der Waals surface area (Å²) >= 11 is 2.48. The van der Waals surface area contributed by atoms with Crippen molar-refractivity contribution in [3.05, 3.63) is 45.0 Å². The normalized spacial score (nSPS) is 11.3. The van der Waals surface area contributed by atoms with Gasteiger partial charge < -0.3 is 5.32 Å². The van der Waals surface area contributed by atoms with Crippen LogP contribution in [0.4, 0.5) is 24.5 Å². The molecular weight excluding hydrogens is 367 g/mol. The Morgan fingerprint density at radius 1 is 1.46 bits per heavy atom. The van der Waals surface area contributed by atoms with Crippen LogP contribution in [0.5, 0.6) is 0 Å². The molecule has 0 spiro atoms. The minimum atomic E-state index is -4.70. The number of rotatable bonds is 5. The zero-order valence-electron chi connectivity index (χ0n) is 12.1. The number of hydrogen-bond donors (Lipinski definition) is 1. The summed E-state index contributed by atoms with van der Waals surface area (Å²) in [5, 5.41) is 15.0. The second-order valence-corrected chi connectivity index (χ2v) is 6.66. The number of carbonyl (C=O) groups is 1. The lowest BCUT2D eigenvalue weighted by molar-refractivity contribution is -0.384. The first-order valence-electron chi connectivity index (χ1n) is 6.37. The second-order valence-electron chi connectivity index (χ2n) is 4.58. The van der Waals surface area contributed by atoms with E-state index in [0.29, 0.717) is 16.5 Å². The molecule has 1 amide bonds. The van der Waals surface area contributed by atoms with E-state index < -0.39 is 28.3 Å². The summed E-state index contributed by atoms with van der Waals surface area (Å²) in [7, 11) is 0. The van der Waals surface area contributed by atoms with Gasteiger partial charge in [0.05, 0.1) is 16.2 Å². The minimum Gasteiger partial charge on any atom is -0.320 e. The Balaban J connectivity index is 2.10. The van der Waals surface area contributed by atoms with Crippen LogP contribution in [0.25, 0.3) is 0 Å². The molecule has 0 atom stereocenters. The van der Waals surface area contributed by atoms with Crippen LogP contribution in [0, 0.1) is 17.0 Å². The average Bonchev–Trinajstić information content (AvgIpc) is 2.90. The number of anilines is 1. The second kappa shape index (κ2) is 7.18. The smallest absolute Gasteiger partial charge is 0.320 e. The van der Waals surface area contributed by atoms with Gasteiger partial charge in [-0.3, -0.25) is 14.9 Å². The molecule has 1 heterocycles. The fourth-order valence-electron chi connectivity index (χ4n) is 1.68. The van der Waals surface area contributed by atoms with Crippen molar-refractivity contribution in [1.82, 2.24) is 4.98 Å². The molecule has 0 aliphatic carbocycles. The largest absolute Gasteiger partial charge is 0.416 e. The summed E-state index contributed by atoms with van der Waals surface area (Å²) in [5.74, 6) is -0.638. The van der Waals surface area contributed by atoms with E-state index in [1.807, 2.05) is 0 Å². The van der Waals surface area contributed by atoms with Crippen LogP contribution in [0.3, 0.4) is 0 Å². The SMILES string of the molecule is Cc1csc(SCC(=O)Nc2ccc(C(F)(F)F)cc2[N+](=O)[O-])n1. The van der Waals surface area contributed by atoms with Gasteiger partial charge in [-0.05, 0) is 19.1 Å². The van der Waals surface area contributed by atoms with Crippen molar-refractivity contribution in [1.29, 1.82) is 0 Å². The maximum absolute atomic E-state index is 12.6. The van der Waals surface area contributed by atoms with E-state index in [2.05, 4.69) is 10.3 Å². The van der Waals surface area contributed by atoms with Crippen molar-refractivity contribution in [2.45, 2.75) is 17.4 Å². The van der Waals surface area contributed by atoms with Gasteiger partial charge in [0.1, 0.15) is 5.69 Å². The summed E-state index contributed by atoms with van der Waals surface area (Å²) in [5.41, 5.74) is -1.44. The monoisotopic (exact) mass is 377 g/mol. The van der Waals surface area contributed by atoms with Gasteiger partial charge in [-0.2, -0.15) is 13.2 Å². The minimum absolute atomic E-state index is 0.0644. The van der Waals surface area contributed by atoms with Gasteiger partial charge in [0.25, 0.3) is 5.69 Å². The topological polar surface area (TPSA) is 85.1 Å². The highest BCUT2D eigenvalue weighted by molar-refractivity contribution is 8.01. The highest BCUT2D eigenvalue weighted by atomic mass is 32.2. The highest BCUT2D eigenvalue weighted by Gasteiger charge is 2.33. The summed E-state index contributed by atoms with van der Waals surface area (Å²) in [6.07, 6.45) is -4.70. The van der Waals surface area contributed by atoms with E-state index in [4.69, 9.17) is 0 Å². The first-order valence-corrected chi connectivity index (χ1v) is 8.24. The maximum atomic E-state index is 12.6. The van der Waals surface area contributed by atoms with E-state index in [1.54, 1.807) is 12.3 Å². The molecule has 0 unspecified atom stereocenters. The first-order chi connectivity index (χ1) is 11.2. The molecule has 1 N–H and O–H groups in total. The van der Waals surface area contributed by atoms with Crippen LogP contribution >= 0.6 is 23.1 Å². The number of nitrogens with zero attached hydrogens (tertiary/aromatic N) is 2. The van der Waals surface area contributed by atoms with E-state index >= 15 is 0 Å². The zero-order chi connectivity index (χ0) is 17.9. The van der Waals surface area contributed by atoms with Crippen molar-refractivity contribution in [2.24, 2.45) is 0 Å². The molecule has 128 valence electrons. The number of thiazole rings is 1. The van der Waals surface area contributed by atoms with Gasteiger partial charge in [0.15, 0.2) is 4.34 Å². The summed E-state index contributed by atoms with van der Waals surface area (Å²) in [6.45, 7) is 1.80. The number of hydrogen-bond acceptors (Lipinski definition) is 6. The van der Waals surface area contributed by atoms with Crippen LogP contribution in [-0.2, 0) is 11.0 Å². The lowest BCUT2D eigenvalue weighted by Crippen LogP contribution is -2.16. The molecule has 0 saturated heterocycles. The Morgan fingerprint density at radius 2 is 2.17 bits per heavy atom. The Kier molecular flexibility index (Phi) is 5.44. The van der Waals surface area contributed by atoms with Gasteiger partial charge in [-0.1, -0.05) is 11.8 Å². The van der Waals surface area contributed by atoms with Crippen LogP contribution in [0.2, 0.25) is 0 Å². The van der Waals surface area contributed by atoms with Crippen LogP contribution < -0.4 is 5.32 Å². The van der Waals surface area contributed by atoms with E-state index in [-0.39, 0.29) is 11.4 Å². The molecule has 0 radical (unpaired) electrons. The van der Waals surface area contributed by atoms with Gasteiger partial charge in [0, 0.05) is 17.1 Å². The Labute approximate surface area is 142 Å². The van der Waals surface area contributed by atoms with Crippen LogP contribution in [-0.4, -0.2) is 21.6 Å². The Morgan fingerprint density at radius 3 is 2.71 bits per heavy atom. The Bertz CT molecular complexity index is 777. The number of benzene rings is 1. The quantitative estimate of drug-likeness (QED) is 0.481. The van der Waals surface area contributed by atoms with Crippen molar-refractivity contribution in [3.8, 4) is 0 Å². The van der Waals surface area contributed by atoms with Gasteiger partial charge >= 0.3 is 6.18 Å². The predicted octanol–water partition coefficient (Wildman–Crippen LogP) is 4.11. The number of aryl methyl sites for hydroxylation is 1. The van der Waals surface area contributed by atoms with Gasteiger partial charge in [-0.15, -0.1) is 11.3 Å². The third-order valence-electron chi connectivity index (χ3n) is 2.72. The third-order valence-corrected chi connectivity index (χ3v) is 4.86. The summed E-state index contributed by atoms with van der Waals surface area (Å²) in [6, 6.07) is 1.95. The lowest BCUT2D eigenvalue weighted by atomic mass is 10.1. The highest BCUT2D eigenvalue weighted by Crippen LogP contribution is 2.35. The fraction of sp³-hybridized carbons (Fsp3) is 0.231. The van der Waals surface area contributed by atoms with Crippen molar-refractivity contribution in [3.63, 3.8) is 0 Å². The molecule has 0 saturated carbocycles.